The van der Waals surface area contributed by atoms with E-state index in [1.807, 2.05) is 25.1 Å². The molecule has 1 saturated heterocycles. The smallest absolute Gasteiger partial charge is 0.113 e. The minimum atomic E-state index is 0.776. The lowest BCUT2D eigenvalue weighted by atomic mass is 9.95. The van der Waals surface area contributed by atoms with Gasteiger partial charge in [-0.3, -0.25) is 0 Å². The molecule has 0 atom stereocenters. The van der Waals surface area contributed by atoms with Crippen LogP contribution in [0.3, 0.4) is 0 Å². The molecular formula is C14H18N2. The lowest BCUT2D eigenvalue weighted by Crippen LogP contribution is -2.27. The zero-order valence-electron chi connectivity index (χ0n) is 9.79. The molecule has 0 saturated carbocycles. The number of piperidine rings is 1. The van der Waals surface area contributed by atoms with Gasteiger partial charge in [-0.25, -0.2) is 4.98 Å². The van der Waals surface area contributed by atoms with Crippen molar-refractivity contribution in [3.63, 3.8) is 0 Å². The van der Waals surface area contributed by atoms with E-state index in [9.17, 15) is 0 Å². The van der Waals surface area contributed by atoms with Crippen molar-refractivity contribution in [1.29, 1.82) is 0 Å². The Hall–Kier alpha value is -1.33. The van der Waals surface area contributed by atoms with E-state index in [4.69, 9.17) is 0 Å². The molecule has 16 heavy (non-hydrogen) atoms. The fraction of sp³-hybridized carbons (Fsp3) is 0.500. The van der Waals surface area contributed by atoms with E-state index in [0.717, 1.165) is 36.8 Å². The van der Waals surface area contributed by atoms with Crippen molar-refractivity contribution < 1.29 is 0 Å². The van der Waals surface area contributed by atoms with Crippen LogP contribution >= 0.6 is 0 Å². The van der Waals surface area contributed by atoms with Gasteiger partial charge in [-0.1, -0.05) is 12.0 Å². The van der Waals surface area contributed by atoms with E-state index in [-0.39, 0.29) is 0 Å². The molecule has 2 nitrogen and oxygen atoms in total. The monoisotopic (exact) mass is 214 g/mol. The fourth-order valence-electron chi connectivity index (χ4n) is 1.98. The molecular weight excluding hydrogens is 196 g/mol. The predicted molar refractivity (Wildman–Crippen MR) is 66.1 cm³/mol. The highest BCUT2D eigenvalue weighted by molar-refractivity contribution is 5.28. The number of hydrogen-bond donors (Lipinski definition) is 1. The van der Waals surface area contributed by atoms with E-state index in [1.54, 1.807) is 0 Å². The Kier molecular flexibility index (Phi) is 3.96. The first kappa shape index (κ1) is 11.2. The summed E-state index contributed by atoms with van der Waals surface area (Å²) in [5, 5.41) is 3.37. The normalized spacial score (nSPS) is 16.6. The zero-order chi connectivity index (χ0) is 11.2. The Morgan fingerprint density at radius 2 is 2.19 bits per heavy atom. The molecule has 0 aliphatic carbocycles. The SMILES string of the molecule is Cc1cccc(C#CCC2CCNCC2)n1. The van der Waals surface area contributed by atoms with E-state index < -0.39 is 0 Å². The van der Waals surface area contributed by atoms with Crippen LogP contribution in [0.25, 0.3) is 0 Å². The third kappa shape index (κ3) is 3.36. The standard InChI is InChI=1S/C14H18N2/c1-12-4-2-6-14(16-12)7-3-5-13-8-10-15-11-9-13/h2,4,6,13,15H,5,8-11H2,1H3. The van der Waals surface area contributed by atoms with Crippen molar-refractivity contribution in [2.24, 2.45) is 5.92 Å². The summed E-state index contributed by atoms with van der Waals surface area (Å²) in [6.07, 6.45) is 3.53. The maximum absolute atomic E-state index is 4.37. The minimum absolute atomic E-state index is 0.776. The molecule has 0 aromatic carbocycles. The quantitative estimate of drug-likeness (QED) is 0.724. The van der Waals surface area contributed by atoms with Crippen molar-refractivity contribution in [3.8, 4) is 11.8 Å². The molecule has 1 aliphatic heterocycles. The minimum Gasteiger partial charge on any atom is -0.317 e. The maximum atomic E-state index is 4.37. The van der Waals surface area contributed by atoms with E-state index in [0.29, 0.717) is 0 Å². The molecule has 0 unspecified atom stereocenters. The Bertz CT molecular complexity index is 395. The first-order valence-electron chi connectivity index (χ1n) is 5.98. The van der Waals surface area contributed by atoms with Crippen LogP contribution in [0, 0.1) is 24.7 Å². The summed E-state index contributed by atoms with van der Waals surface area (Å²) in [6.45, 7) is 4.29. The lowest BCUT2D eigenvalue weighted by Gasteiger charge is -2.20. The summed E-state index contributed by atoms with van der Waals surface area (Å²) in [5.74, 6) is 7.19. The molecule has 1 aromatic heterocycles. The molecule has 84 valence electrons. The van der Waals surface area contributed by atoms with Crippen molar-refractivity contribution in [2.45, 2.75) is 26.2 Å². The molecule has 1 aromatic rings. The fourth-order valence-corrected chi connectivity index (χ4v) is 1.98. The average molecular weight is 214 g/mol. The first-order chi connectivity index (χ1) is 7.84. The Morgan fingerprint density at radius 1 is 1.38 bits per heavy atom. The van der Waals surface area contributed by atoms with Gasteiger partial charge in [0.05, 0.1) is 0 Å². The van der Waals surface area contributed by atoms with Crippen LogP contribution in [0.1, 0.15) is 30.7 Å². The van der Waals surface area contributed by atoms with Crippen molar-refractivity contribution >= 4 is 0 Å². The van der Waals surface area contributed by atoms with Gasteiger partial charge >= 0.3 is 0 Å². The van der Waals surface area contributed by atoms with Crippen LogP contribution in [0.4, 0.5) is 0 Å². The van der Waals surface area contributed by atoms with Crippen LogP contribution in [0.5, 0.6) is 0 Å². The molecule has 1 fully saturated rings. The molecule has 2 heterocycles. The molecule has 0 bridgehead atoms. The molecule has 2 rings (SSSR count). The van der Waals surface area contributed by atoms with E-state index >= 15 is 0 Å². The van der Waals surface area contributed by atoms with Gasteiger partial charge in [-0.2, -0.15) is 0 Å². The second-order valence-electron chi connectivity index (χ2n) is 4.36. The van der Waals surface area contributed by atoms with Gasteiger partial charge in [-0.15, -0.1) is 0 Å². The van der Waals surface area contributed by atoms with Crippen molar-refractivity contribution in [1.82, 2.24) is 10.3 Å². The molecule has 1 aliphatic rings. The number of pyridine rings is 1. The molecule has 2 heteroatoms. The third-order valence-electron chi connectivity index (χ3n) is 2.95. The van der Waals surface area contributed by atoms with Crippen molar-refractivity contribution in [3.05, 3.63) is 29.6 Å². The van der Waals surface area contributed by atoms with Crippen molar-refractivity contribution in [2.75, 3.05) is 13.1 Å². The van der Waals surface area contributed by atoms with E-state index in [1.165, 1.54) is 12.8 Å². The van der Waals surface area contributed by atoms with Gasteiger partial charge in [0.25, 0.3) is 0 Å². The van der Waals surface area contributed by atoms with Gasteiger partial charge in [0.1, 0.15) is 5.69 Å². The number of aromatic nitrogens is 1. The lowest BCUT2D eigenvalue weighted by molar-refractivity contribution is 0.381. The number of aryl methyl sites for hydroxylation is 1. The Balaban J connectivity index is 1.89. The summed E-state index contributed by atoms with van der Waals surface area (Å²) in [7, 11) is 0. The van der Waals surface area contributed by atoms with Crippen LogP contribution < -0.4 is 5.32 Å². The van der Waals surface area contributed by atoms with Crippen LogP contribution in [-0.2, 0) is 0 Å². The highest BCUT2D eigenvalue weighted by atomic mass is 14.9. The zero-order valence-corrected chi connectivity index (χ0v) is 9.79. The predicted octanol–water partition coefficient (Wildman–Crippen LogP) is 2.13. The van der Waals surface area contributed by atoms with Gasteiger partial charge < -0.3 is 5.32 Å². The highest BCUT2D eigenvalue weighted by Gasteiger charge is 2.10. The number of hydrogen-bond acceptors (Lipinski definition) is 2. The maximum Gasteiger partial charge on any atom is 0.113 e. The molecule has 0 amide bonds. The Morgan fingerprint density at radius 3 is 2.94 bits per heavy atom. The summed E-state index contributed by atoms with van der Waals surface area (Å²) in [4.78, 5) is 4.37. The highest BCUT2D eigenvalue weighted by Crippen LogP contribution is 2.14. The van der Waals surface area contributed by atoms with Gasteiger partial charge in [-0.05, 0) is 56.8 Å². The third-order valence-corrected chi connectivity index (χ3v) is 2.95. The summed E-state index contributed by atoms with van der Waals surface area (Å²) in [6, 6.07) is 5.98. The van der Waals surface area contributed by atoms with Gasteiger partial charge in [0.15, 0.2) is 0 Å². The van der Waals surface area contributed by atoms with Crippen LogP contribution in [0.2, 0.25) is 0 Å². The number of nitrogens with zero attached hydrogens (tertiary/aromatic N) is 1. The van der Waals surface area contributed by atoms with Gasteiger partial charge in [0.2, 0.25) is 0 Å². The summed E-state index contributed by atoms with van der Waals surface area (Å²) in [5.41, 5.74) is 1.93. The molecule has 1 N–H and O–H groups in total. The first-order valence-corrected chi connectivity index (χ1v) is 5.98. The second-order valence-corrected chi connectivity index (χ2v) is 4.36. The Labute approximate surface area is 97.5 Å². The van der Waals surface area contributed by atoms with Crippen LogP contribution in [-0.4, -0.2) is 18.1 Å². The van der Waals surface area contributed by atoms with Crippen LogP contribution in [0.15, 0.2) is 18.2 Å². The van der Waals surface area contributed by atoms with E-state index in [2.05, 4.69) is 22.1 Å². The average Bonchev–Trinajstić information content (AvgIpc) is 2.30. The summed E-state index contributed by atoms with van der Waals surface area (Å²) >= 11 is 0. The summed E-state index contributed by atoms with van der Waals surface area (Å²) < 4.78 is 0. The topological polar surface area (TPSA) is 24.9 Å². The largest absolute Gasteiger partial charge is 0.317 e. The number of nitrogens with one attached hydrogen (secondary N) is 1. The molecule has 0 spiro atoms. The molecule has 0 radical (unpaired) electrons. The van der Waals surface area contributed by atoms with Gasteiger partial charge in [0, 0.05) is 12.1 Å². The second kappa shape index (κ2) is 5.67. The number of rotatable bonds is 1.